The Kier molecular flexibility index (Phi) is 10.3. The minimum atomic E-state index is -4.52. The molecule has 1 saturated heterocycles. The largest absolute Gasteiger partial charge is 0.491 e. The van der Waals surface area contributed by atoms with E-state index in [9.17, 15) is 27.6 Å². The molecule has 234 valence electrons. The Morgan fingerprint density at radius 2 is 1.50 bits per heavy atom. The highest BCUT2D eigenvalue weighted by Crippen LogP contribution is 2.30. The molecule has 44 heavy (non-hydrogen) atoms. The van der Waals surface area contributed by atoms with Gasteiger partial charge in [0.2, 0.25) is 0 Å². The van der Waals surface area contributed by atoms with E-state index in [2.05, 4.69) is 10.2 Å². The van der Waals surface area contributed by atoms with Crippen molar-refractivity contribution in [1.29, 1.82) is 0 Å². The predicted octanol–water partition coefficient (Wildman–Crippen LogP) is 6.31. The summed E-state index contributed by atoms with van der Waals surface area (Å²) in [5.74, 6) is -0.562. The van der Waals surface area contributed by atoms with Crippen LogP contribution in [0, 0.1) is 0 Å². The van der Waals surface area contributed by atoms with E-state index in [1.807, 2.05) is 20.8 Å². The minimum Gasteiger partial charge on any atom is -0.491 e. The van der Waals surface area contributed by atoms with Crippen molar-refractivity contribution >= 4 is 23.5 Å². The van der Waals surface area contributed by atoms with Gasteiger partial charge >= 0.3 is 12.3 Å². The van der Waals surface area contributed by atoms with Crippen LogP contribution in [0.2, 0.25) is 0 Å². The first-order valence-corrected chi connectivity index (χ1v) is 14.3. The zero-order valence-electron chi connectivity index (χ0n) is 24.9. The SMILES string of the molecule is CC(C)(C)OC(=O)N1CCN(CCOc2ccccc2C(=O)Nc2ccccc2C(=O)Cc2cccc(C(F)(F)F)c2)CC1. The summed E-state index contributed by atoms with van der Waals surface area (Å²) in [6.07, 6.45) is -5.10. The topological polar surface area (TPSA) is 88.2 Å². The van der Waals surface area contributed by atoms with Crippen LogP contribution in [0.5, 0.6) is 5.75 Å². The van der Waals surface area contributed by atoms with Crippen molar-refractivity contribution in [2.24, 2.45) is 0 Å². The molecule has 0 aliphatic carbocycles. The van der Waals surface area contributed by atoms with Gasteiger partial charge in [0.1, 0.15) is 18.0 Å². The lowest BCUT2D eigenvalue weighted by Gasteiger charge is -2.35. The molecule has 0 bridgehead atoms. The number of hydrogen-bond acceptors (Lipinski definition) is 6. The van der Waals surface area contributed by atoms with E-state index in [4.69, 9.17) is 9.47 Å². The summed E-state index contributed by atoms with van der Waals surface area (Å²) in [6.45, 7) is 8.80. The number of carbonyl (C=O) groups is 3. The molecule has 1 fully saturated rings. The van der Waals surface area contributed by atoms with Crippen molar-refractivity contribution in [3.05, 3.63) is 95.1 Å². The molecule has 0 atom stereocenters. The molecule has 0 aromatic heterocycles. The monoisotopic (exact) mass is 611 g/mol. The smallest absolute Gasteiger partial charge is 0.416 e. The maximum absolute atomic E-state index is 13.3. The molecule has 1 aliphatic heterocycles. The van der Waals surface area contributed by atoms with Crippen molar-refractivity contribution in [3.63, 3.8) is 0 Å². The van der Waals surface area contributed by atoms with Crippen LogP contribution < -0.4 is 10.1 Å². The second-order valence-corrected chi connectivity index (χ2v) is 11.5. The fraction of sp³-hybridized carbons (Fsp3) is 0.364. The Labute approximate surface area is 254 Å². The summed E-state index contributed by atoms with van der Waals surface area (Å²) in [5, 5.41) is 2.76. The summed E-state index contributed by atoms with van der Waals surface area (Å²) in [6, 6.07) is 17.7. The number of anilines is 1. The lowest BCUT2D eigenvalue weighted by atomic mass is 10.00. The number of nitrogens with zero attached hydrogens (tertiary/aromatic N) is 2. The molecule has 1 N–H and O–H groups in total. The number of halogens is 3. The van der Waals surface area contributed by atoms with Crippen LogP contribution in [0.1, 0.15) is 52.6 Å². The number of rotatable bonds is 9. The molecule has 0 spiro atoms. The first-order chi connectivity index (χ1) is 20.8. The molecule has 1 aliphatic rings. The third-order valence-corrected chi connectivity index (χ3v) is 6.92. The standard InChI is InChI=1S/C33H36F3N3O5/c1-32(2,3)44-31(42)39-17-15-38(16-18-39)19-20-43-29-14-7-5-12-26(29)30(41)37-27-13-6-4-11-25(27)28(40)22-23-9-8-10-24(21-23)33(34,35)36/h4-14,21H,15-20,22H2,1-3H3,(H,37,41). The van der Waals surface area contributed by atoms with E-state index >= 15 is 0 Å². The zero-order chi connectivity index (χ0) is 31.9. The van der Waals surface area contributed by atoms with Gasteiger partial charge < -0.3 is 19.7 Å². The molecule has 0 saturated carbocycles. The van der Waals surface area contributed by atoms with E-state index in [0.29, 0.717) is 45.1 Å². The van der Waals surface area contributed by atoms with Gasteiger partial charge in [0.15, 0.2) is 5.78 Å². The Hall–Kier alpha value is -4.38. The molecular formula is C33H36F3N3O5. The van der Waals surface area contributed by atoms with E-state index < -0.39 is 29.0 Å². The molecule has 0 radical (unpaired) electrons. The van der Waals surface area contributed by atoms with Crippen molar-refractivity contribution < 1.29 is 37.0 Å². The van der Waals surface area contributed by atoms with Crippen LogP contribution in [0.3, 0.4) is 0 Å². The van der Waals surface area contributed by atoms with E-state index in [-0.39, 0.29) is 34.9 Å². The van der Waals surface area contributed by atoms with Crippen LogP contribution in [0.4, 0.5) is 23.7 Å². The maximum Gasteiger partial charge on any atom is 0.416 e. The number of amides is 2. The van der Waals surface area contributed by atoms with Crippen LogP contribution in [0.25, 0.3) is 0 Å². The molecule has 0 unspecified atom stereocenters. The number of nitrogens with one attached hydrogen (secondary N) is 1. The fourth-order valence-corrected chi connectivity index (χ4v) is 4.71. The van der Waals surface area contributed by atoms with Gasteiger partial charge in [0, 0.05) is 44.7 Å². The van der Waals surface area contributed by atoms with Gasteiger partial charge in [-0.05, 0) is 56.7 Å². The van der Waals surface area contributed by atoms with Gasteiger partial charge in [-0.25, -0.2) is 4.79 Å². The Bertz CT molecular complexity index is 1480. The van der Waals surface area contributed by atoms with Crippen molar-refractivity contribution in [1.82, 2.24) is 9.80 Å². The van der Waals surface area contributed by atoms with E-state index in [1.54, 1.807) is 47.4 Å². The van der Waals surface area contributed by atoms with Gasteiger partial charge in [0.05, 0.1) is 16.8 Å². The highest BCUT2D eigenvalue weighted by molar-refractivity contribution is 6.10. The molecular weight excluding hydrogens is 575 g/mol. The molecule has 3 aromatic carbocycles. The summed E-state index contributed by atoms with van der Waals surface area (Å²) < 4.78 is 50.8. The van der Waals surface area contributed by atoms with Gasteiger partial charge in [0.25, 0.3) is 5.91 Å². The molecule has 3 aromatic rings. The third-order valence-electron chi connectivity index (χ3n) is 6.92. The summed E-state index contributed by atoms with van der Waals surface area (Å²) >= 11 is 0. The first-order valence-electron chi connectivity index (χ1n) is 14.3. The Morgan fingerprint density at radius 1 is 0.841 bits per heavy atom. The second kappa shape index (κ2) is 13.9. The second-order valence-electron chi connectivity index (χ2n) is 11.5. The normalized spacial score (nSPS) is 14.2. The molecule has 11 heteroatoms. The van der Waals surface area contributed by atoms with Crippen molar-refractivity contribution in [3.8, 4) is 5.75 Å². The average molecular weight is 612 g/mol. The van der Waals surface area contributed by atoms with Crippen molar-refractivity contribution in [2.75, 3.05) is 44.6 Å². The number of hydrogen-bond donors (Lipinski definition) is 1. The zero-order valence-corrected chi connectivity index (χ0v) is 24.9. The molecule has 2 amide bonds. The fourth-order valence-electron chi connectivity index (χ4n) is 4.71. The number of ether oxygens (including phenoxy) is 2. The maximum atomic E-state index is 13.3. The first kappa shape index (κ1) is 32.5. The van der Waals surface area contributed by atoms with Gasteiger partial charge in [-0.15, -0.1) is 0 Å². The van der Waals surface area contributed by atoms with E-state index in [1.165, 1.54) is 18.2 Å². The summed E-state index contributed by atoms with van der Waals surface area (Å²) in [7, 11) is 0. The highest BCUT2D eigenvalue weighted by Gasteiger charge is 2.30. The number of alkyl halides is 3. The number of Topliss-reactive ketones (excluding diaryl/α,β-unsaturated/α-hetero) is 1. The highest BCUT2D eigenvalue weighted by atomic mass is 19.4. The quantitative estimate of drug-likeness (QED) is 0.285. The van der Waals surface area contributed by atoms with E-state index in [0.717, 1.165) is 12.1 Å². The minimum absolute atomic E-state index is 0.183. The van der Waals surface area contributed by atoms with Gasteiger partial charge in [-0.1, -0.05) is 42.5 Å². The van der Waals surface area contributed by atoms with Gasteiger partial charge in [-0.3, -0.25) is 14.5 Å². The van der Waals surface area contributed by atoms with Crippen LogP contribution in [-0.2, 0) is 17.3 Å². The van der Waals surface area contributed by atoms with Crippen LogP contribution in [-0.4, -0.2) is 72.5 Å². The van der Waals surface area contributed by atoms with Crippen LogP contribution >= 0.6 is 0 Å². The number of benzene rings is 3. The lowest BCUT2D eigenvalue weighted by Crippen LogP contribution is -2.50. The van der Waals surface area contributed by atoms with Crippen LogP contribution in [0.15, 0.2) is 72.8 Å². The molecule has 4 rings (SSSR count). The number of ketones is 1. The number of piperazine rings is 1. The third kappa shape index (κ3) is 9.06. The van der Waals surface area contributed by atoms with Gasteiger partial charge in [-0.2, -0.15) is 13.2 Å². The molecule has 8 nitrogen and oxygen atoms in total. The number of carbonyl (C=O) groups excluding carboxylic acids is 3. The summed E-state index contributed by atoms with van der Waals surface area (Å²) in [4.78, 5) is 42.6. The predicted molar refractivity (Wildman–Crippen MR) is 160 cm³/mol. The lowest BCUT2D eigenvalue weighted by molar-refractivity contribution is -0.137. The number of para-hydroxylation sites is 2. The van der Waals surface area contributed by atoms with Crippen molar-refractivity contribution in [2.45, 2.75) is 39.0 Å². The average Bonchev–Trinajstić information content (AvgIpc) is 2.97. The Balaban J connectivity index is 1.34. The summed E-state index contributed by atoms with van der Waals surface area (Å²) in [5.41, 5.74) is -0.470. The Morgan fingerprint density at radius 3 is 2.18 bits per heavy atom. The molecule has 1 heterocycles.